The van der Waals surface area contributed by atoms with Crippen molar-refractivity contribution in [3.63, 3.8) is 0 Å². The van der Waals surface area contributed by atoms with E-state index in [0.29, 0.717) is 50.4 Å². The second-order valence-electron chi connectivity index (χ2n) is 19.3. The monoisotopic (exact) mass is 1100 g/mol. The van der Waals surface area contributed by atoms with Crippen molar-refractivity contribution in [1.82, 2.24) is 0 Å². The summed E-state index contributed by atoms with van der Waals surface area (Å²) in [6.45, 7) is 19.7. The van der Waals surface area contributed by atoms with Crippen molar-refractivity contribution in [3.05, 3.63) is 221 Å². The number of fused-ring (bicyclic) bond motifs is 4. The maximum Gasteiger partial charge on any atom is 0 e. The predicted octanol–water partition coefficient (Wildman–Crippen LogP) is 13.3. The molecule has 0 spiro atoms. The molecule has 394 valence electrons. The molecule has 0 radical (unpaired) electrons. The SMILES string of the molecule is Cc1cc(C)c(N)c(C)c1.Cc1cc(C)c(Nc2ccc(Nc3c(C)cc(O)cc3C)c3c2C(=O)c2ccccc2C3=O)c(C)c1.Cc1cc(O)cc(C)c1Nc1ccc(O)c2c1C(=O)c1ccccc1C2=O.O=BOO.[HH].[Zn]. The van der Waals surface area contributed by atoms with Crippen LogP contribution < -0.4 is 21.7 Å². The van der Waals surface area contributed by atoms with Gasteiger partial charge in [-0.1, -0.05) is 83.9 Å². The number of anilines is 7. The van der Waals surface area contributed by atoms with E-state index in [4.69, 9.17) is 15.7 Å². The fourth-order valence-electron chi connectivity index (χ4n) is 9.99. The van der Waals surface area contributed by atoms with Crippen LogP contribution in [-0.4, -0.2) is 51.1 Å². The van der Waals surface area contributed by atoms with E-state index < -0.39 is 0 Å². The van der Waals surface area contributed by atoms with Gasteiger partial charge in [0.15, 0.2) is 23.1 Å². The molecule has 8 aromatic rings. The zero-order valence-corrected chi connectivity index (χ0v) is 48.1. The Morgan fingerprint density at radius 3 is 0.987 bits per heavy atom. The summed E-state index contributed by atoms with van der Waals surface area (Å²) < 4.78 is 8.70. The van der Waals surface area contributed by atoms with E-state index in [9.17, 15) is 34.5 Å². The van der Waals surface area contributed by atoms with Crippen LogP contribution in [0.15, 0.2) is 121 Å². The molecule has 8 aromatic carbocycles. The number of ketones is 4. The third-order valence-electron chi connectivity index (χ3n) is 13.4. The summed E-state index contributed by atoms with van der Waals surface area (Å²) in [4.78, 5) is 56.5. The van der Waals surface area contributed by atoms with E-state index in [1.54, 1.807) is 78.9 Å². The number of carbonyl (C=O) groups excluding carboxylic acids is 4. The molecule has 10 rings (SSSR count). The summed E-state index contributed by atoms with van der Waals surface area (Å²) in [5, 5.41) is 47.0. The number of phenols is 3. The number of rotatable bonds is 7. The van der Waals surface area contributed by atoms with Crippen LogP contribution in [0.2, 0.25) is 0 Å². The summed E-state index contributed by atoms with van der Waals surface area (Å²) >= 11 is 0. The van der Waals surface area contributed by atoms with Gasteiger partial charge in [-0.3, -0.25) is 19.2 Å². The Hall–Kier alpha value is -8.71. The van der Waals surface area contributed by atoms with E-state index in [-0.39, 0.29) is 79.8 Å². The van der Waals surface area contributed by atoms with Gasteiger partial charge in [0, 0.05) is 65.9 Å². The first kappa shape index (κ1) is 58.5. The third kappa shape index (κ3) is 12.1. The molecular weight excluding hydrogens is 1040 g/mol. The zero-order valence-electron chi connectivity index (χ0n) is 45.1. The van der Waals surface area contributed by atoms with Crippen LogP contribution in [-0.2, 0) is 29.0 Å². The Bertz CT molecular complexity index is 3520. The minimum atomic E-state index is -0.375. The van der Waals surface area contributed by atoms with Gasteiger partial charge in [-0.2, -0.15) is 0 Å². The Balaban J connectivity index is 0.000000234. The fourth-order valence-corrected chi connectivity index (χ4v) is 9.99. The average molecular weight is 1100 g/mol. The van der Waals surface area contributed by atoms with Gasteiger partial charge in [0.05, 0.1) is 39.3 Å². The van der Waals surface area contributed by atoms with Gasteiger partial charge < -0.3 is 37.0 Å². The van der Waals surface area contributed by atoms with E-state index in [1.807, 2.05) is 67.5 Å². The molecule has 0 saturated heterocycles. The maximum atomic E-state index is 13.8. The Kier molecular flexibility index (Phi) is 18.4. The molecule has 2 aliphatic rings. The number of carbonyl (C=O) groups is 4. The van der Waals surface area contributed by atoms with Gasteiger partial charge in [0.1, 0.15) is 17.2 Å². The number of nitrogens with two attached hydrogens (primary N) is 1. The van der Waals surface area contributed by atoms with Gasteiger partial charge in [-0.05, 0) is 162 Å². The van der Waals surface area contributed by atoms with E-state index >= 15 is 0 Å². The summed E-state index contributed by atoms with van der Waals surface area (Å²) in [6.07, 6.45) is 0. The van der Waals surface area contributed by atoms with Gasteiger partial charge in [0.25, 0.3) is 0 Å². The van der Waals surface area contributed by atoms with Crippen LogP contribution in [0, 0.1) is 69.2 Å². The van der Waals surface area contributed by atoms with Gasteiger partial charge >= 0.3 is 22.1 Å². The van der Waals surface area contributed by atoms with Crippen molar-refractivity contribution >= 4 is 70.3 Å². The molecule has 9 N–H and O–H groups in total. The molecule has 0 saturated carbocycles. The largest absolute Gasteiger partial charge is 0 e. The third-order valence-corrected chi connectivity index (χ3v) is 13.4. The van der Waals surface area contributed by atoms with Gasteiger partial charge in [-0.25, -0.2) is 0 Å². The number of hydrogen-bond donors (Lipinski definition) is 8. The van der Waals surface area contributed by atoms with Crippen molar-refractivity contribution in [2.75, 3.05) is 21.7 Å². The first-order chi connectivity index (χ1) is 36.6. The van der Waals surface area contributed by atoms with Crippen LogP contribution in [0.5, 0.6) is 17.2 Å². The first-order valence-electron chi connectivity index (χ1n) is 24.5. The molecule has 0 fully saturated rings. The summed E-state index contributed by atoms with van der Waals surface area (Å²) in [5.74, 6) is -0.953. The number of nitrogen functional groups attached to an aromatic ring is 1. The average Bonchev–Trinajstić information content (AvgIpc) is 3.43. The van der Waals surface area contributed by atoms with Crippen molar-refractivity contribution in [2.24, 2.45) is 0 Å². The molecule has 14 nitrogen and oxygen atoms in total. The molecule has 0 atom stereocenters. The van der Waals surface area contributed by atoms with Crippen LogP contribution in [0.4, 0.5) is 39.8 Å². The molecule has 0 amide bonds. The topological polar surface area (TPSA) is 238 Å². The second-order valence-corrected chi connectivity index (χ2v) is 19.3. The Morgan fingerprint density at radius 1 is 0.423 bits per heavy atom. The van der Waals surface area contributed by atoms with E-state index in [2.05, 4.69) is 58.9 Å². The number of nitrogens with one attached hydrogen (secondary N) is 3. The molecule has 0 aromatic heterocycles. The van der Waals surface area contributed by atoms with Crippen LogP contribution in [0.25, 0.3) is 0 Å². The first-order valence-corrected chi connectivity index (χ1v) is 24.5. The fraction of sp³-hybridized carbons (Fsp3) is 0.161. The van der Waals surface area contributed by atoms with Crippen molar-refractivity contribution in [3.8, 4) is 17.2 Å². The minimum absolute atomic E-state index is 0. The molecule has 16 heteroatoms. The standard InChI is InChI=1S/C31H28N2O3.C22H17NO4.C9H13N.BHO3.Zn.H2/c1-16-12-17(2)28(18(3)13-16)32-24-10-11-25(33-29-19(4)14-21(34)15-20(29)5)27-26(24)30(35)22-8-6-7-9-23(22)31(27)36;1-11-9-13(24)10-12(2)20(11)23-16-7-8-17(25)19-18(16)21(26)14-5-3-4-6-15(14)22(19)27;1-6-4-7(2)9(10)8(3)5-6;2-1-4-3;;/h6-15,32-34H,1-5H3;3-10,23-25H,1-2H3;4-5H,10H2,1-3H3;3H;;1H. The minimum Gasteiger partial charge on any atom is 0 e. The van der Waals surface area contributed by atoms with Crippen molar-refractivity contribution in [2.45, 2.75) is 69.2 Å². The number of hydrogen-bond acceptors (Lipinski definition) is 14. The molecule has 78 heavy (non-hydrogen) atoms. The smallest absolute Gasteiger partial charge is 0 e. The Morgan fingerprint density at radius 2 is 0.679 bits per heavy atom. The predicted molar refractivity (Wildman–Crippen MR) is 304 cm³/mol. The van der Waals surface area contributed by atoms with E-state index in [0.717, 1.165) is 61.7 Å². The van der Waals surface area contributed by atoms with Crippen molar-refractivity contribution < 1.29 is 70.2 Å². The van der Waals surface area contributed by atoms with Gasteiger partial charge in [0.2, 0.25) is 0 Å². The molecule has 0 bridgehead atoms. The maximum absolute atomic E-state index is 13.8. The number of aromatic hydroxyl groups is 3. The molecule has 0 heterocycles. The summed E-state index contributed by atoms with van der Waals surface area (Å²) in [5.41, 5.74) is 23.2. The van der Waals surface area contributed by atoms with Crippen molar-refractivity contribution in [1.29, 1.82) is 0 Å². The van der Waals surface area contributed by atoms with E-state index in [1.165, 1.54) is 22.8 Å². The van der Waals surface area contributed by atoms with Gasteiger partial charge in [-0.15, -0.1) is 0 Å². The number of aryl methyl sites for hydroxylation is 10. The zero-order chi connectivity index (χ0) is 56.2. The molecule has 2 aliphatic carbocycles. The Labute approximate surface area is 467 Å². The molecule has 0 aliphatic heterocycles. The summed E-state index contributed by atoms with van der Waals surface area (Å²) in [6, 6.07) is 35.2. The molecular formula is C62H61BN4O10Zn. The van der Waals surface area contributed by atoms with Crippen LogP contribution >= 0.6 is 0 Å². The normalized spacial score (nSPS) is 11.5. The quantitative estimate of drug-likeness (QED) is 0.0244. The van der Waals surface area contributed by atoms with Crippen LogP contribution in [0.3, 0.4) is 0 Å². The van der Waals surface area contributed by atoms with Crippen LogP contribution in [0.1, 0.15) is 121 Å². The molecule has 0 unspecified atom stereocenters. The second kappa shape index (κ2) is 24.5. The number of benzene rings is 8. The number of phenolic OH excluding ortho intramolecular Hbond substituents is 3. The summed E-state index contributed by atoms with van der Waals surface area (Å²) in [7, 11) is -0.0694.